The lowest BCUT2D eigenvalue weighted by molar-refractivity contribution is -0.130. The Hall–Kier alpha value is -0.610. The van der Waals surface area contributed by atoms with Crippen molar-refractivity contribution in [2.24, 2.45) is 11.1 Å². The predicted octanol–water partition coefficient (Wildman–Crippen LogP) is 0.487. The number of nitrogens with one attached hydrogen (secondary N) is 1. The van der Waals surface area contributed by atoms with Crippen LogP contribution in [0.1, 0.15) is 34.1 Å². The van der Waals surface area contributed by atoms with Crippen molar-refractivity contribution in [3.63, 3.8) is 0 Å². The number of carbonyl (C=O) groups excluding carboxylic acids is 1. The minimum absolute atomic E-state index is 0.0247. The quantitative estimate of drug-likeness (QED) is 0.695. The minimum atomic E-state index is -0.109. The average Bonchev–Trinajstić information content (AvgIpc) is 2.24. The van der Waals surface area contributed by atoms with Crippen LogP contribution in [-0.4, -0.2) is 29.5 Å². The van der Waals surface area contributed by atoms with Crippen molar-refractivity contribution in [2.45, 2.75) is 39.7 Å². The van der Waals surface area contributed by atoms with Gasteiger partial charge in [-0.25, -0.2) is 5.43 Å². The first-order valence-corrected chi connectivity index (χ1v) is 5.04. The summed E-state index contributed by atoms with van der Waals surface area (Å²) in [4.78, 5) is 11.6. The summed E-state index contributed by atoms with van der Waals surface area (Å²) in [6.45, 7) is 9.44. The first kappa shape index (κ1) is 11.5. The van der Waals surface area contributed by atoms with E-state index in [9.17, 15) is 4.79 Å². The van der Waals surface area contributed by atoms with Crippen molar-refractivity contribution in [2.75, 3.05) is 13.1 Å². The molecular formula is C10H21N3O. The van der Waals surface area contributed by atoms with E-state index in [2.05, 4.69) is 19.3 Å². The Balaban J connectivity index is 2.60. The van der Waals surface area contributed by atoms with Crippen LogP contribution in [0.5, 0.6) is 0 Å². The van der Waals surface area contributed by atoms with Crippen LogP contribution in [0.3, 0.4) is 0 Å². The molecule has 0 aromatic carbocycles. The third-order valence-corrected chi connectivity index (χ3v) is 2.47. The molecule has 1 aliphatic rings. The van der Waals surface area contributed by atoms with Gasteiger partial charge in [0.2, 0.25) is 5.91 Å². The second-order valence-corrected chi connectivity index (χ2v) is 5.52. The summed E-state index contributed by atoms with van der Waals surface area (Å²) in [5.41, 5.74) is 8.70. The fourth-order valence-electron chi connectivity index (χ4n) is 1.56. The topological polar surface area (TPSA) is 58.4 Å². The molecule has 14 heavy (non-hydrogen) atoms. The number of nitrogens with zero attached hydrogens (tertiary/aromatic N) is 1. The maximum Gasteiger partial charge on any atom is 0.238 e. The molecule has 0 spiro atoms. The van der Waals surface area contributed by atoms with E-state index in [4.69, 9.17) is 5.73 Å². The minimum Gasteiger partial charge on any atom is -0.330 e. The van der Waals surface area contributed by atoms with Gasteiger partial charge in [0.25, 0.3) is 0 Å². The van der Waals surface area contributed by atoms with Gasteiger partial charge in [-0.1, -0.05) is 13.8 Å². The summed E-state index contributed by atoms with van der Waals surface area (Å²) >= 11 is 0. The van der Waals surface area contributed by atoms with Gasteiger partial charge in [0.1, 0.15) is 0 Å². The van der Waals surface area contributed by atoms with Crippen LogP contribution in [0.4, 0.5) is 0 Å². The predicted molar refractivity (Wildman–Crippen MR) is 56.4 cm³/mol. The van der Waals surface area contributed by atoms with Crippen LogP contribution in [0.2, 0.25) is 0 Å². The SMILES string of the molecule is CC(C)(CN)CN1NC(C)(C)CC1=O. The van der Waals surface area contributed by atoms with E-state index in [0.717, 1.165) is 0 Å². The number of nitrogens with two attached hydrogens (primary N) is 1. The molecule has 0 bridgehead atoms. The third-order valence-electron chi connectivity index (χ3n) is 2.47. The van der Waals surface area contributed by atoms with Crippen LogP contribution in [0, 0.1) is 5.41 Å². The molecule has 4 nitrogen and oxygen atoms in total. The van der Waals surface area contributed by atoms with Gasteiger partial charge in [-0.15, -0.1) is 0 Å². The molecule has 1 saturated heterocycles. The van der Waals surface area contributed by atoms with Gasteiger partial charge in [0.15, 0.2) is 0 Å². The van der Waals surface area contributed by atoms with Gasteiger partial charge in [-0.3, -0.25) is 9.80 Å². The van der Waals surface area contributed by atoms with Crippen LogP contribution < -0.4 is 11.2 Å². The molecular weight excluding hydrogens is 178 g/mol. The second kappa shape index (κ2) is 3.51. The summed E-state index contributed by atoms with van der Waals surface area (Å²) < 4.78 is 0. The first-order valence-electron chi connectivity index (χ1n) is 5.04. The van der Waals surface area contributed by atoms with Gasteiger partial charge in [-0.2, -0.15) is 0 Å². The first-order chi connectivity index (χ1) is 6.26. The fraction of sp³-hybridized carbons (Fsp3) is 0.900. The molecule has 0 aliphatic carbocycles. The lowest BCUT2D eigenvalue weighted by atomic mass is 9.94. The largest absolute Gasteiger partial charge is 0.330 e. The number of amides is 1. The van der Waals surface area contributed by atoms with Gasteiger partial charge < -0.3 is 5.73 Å². The van der Waals surface area contributed by atoms with Gasteiger partial charge in [-0.05, 0) is 25.8 Å². The zero-order chi connectivity index (χ0) is 11.0. The molecule has 1 rings (SSSR count). The average molecular weight is 199 g/mol. The molecule has 0 saturated carbocycles. The smallest absolute Gasteiger partial charge is 0.238 e. The Morgan fingerprint density at radius 2 is 2.14 bits per heavy atom. The molecule has 82 valence electrons. The molecule has 3 N–H and O–H groups in total. The van der Waals surface area contributed by atoms with Crippen molar-refractivity contribution in [3.8, 4) is 0 Å². The number of carbonyl (C=O) groups is 1. The Morgan fingerprint density at radius 1 is 1.57 bits per heavy atom. The van der Waals surface area contributed by atoms with Crippen molar-refractivity contribution in [1.29, 1.82) is 0 Å². The Kier molecular flexibility index (Phi) is 2.88. The second-order valence-electron chi connectivity index (χ2n) is 5.52. The number of hydrogen-bond donors (Lipinski definition) is 2. The maximum atomic E-state index is 11.6. The van der Waals surface area contributed by atoms with E-state index >= 15 is 0 Å². The molecule has 4 heteroatoms. The van der Waals surface area contributed by atoms with Crippen molar-refractivity contribution in [3.05, 3.63) is 0 Å². The zero-order valence-electron chi connectivity index (χ0n) is 9.55. The molecule has 0 atom stereocenters. The van der Waals surface area contributed by atoms with E-state index < -0.39 is 0 Å². The Labute approximate surface area is 85.8 Å². The van der Waals surface area contributed by atoms with Crippen LogP contribution in [0.25, 0.3) is 0 Å². The summed E-state index contributed by atoms with van der Waals surface area (Å²) in [6.07, 6.45) is 0.563. The molecule has 1 fully saturated rings. The molecule has 1 aliphatic heterocycles. The molecule has 0 aromatic rings. The maximum absolute atomic E-state index is 11.6. The summed E-state index contributed by atoms with van der Waals surface area (Å²) in [5, 5.41) is 1.70. The van der Waals surface area contributed by atoms with Gasteiger partial charge >= 0.3 is 0 Å². The molecule has 0 unspecified atom stereocenters. The summed E-state index contributed by atoms with van der Waals surface area (Å²) in [7, 11) is 0. The van der Waals surface area contributed by atoms with E-state index in [1.165, 1.54) is 0 Å². The van der Waals surface area contributed by atoms with Gasteiger partial charge in [0, 0.05) is 18.5 Å². The van der Waals surface area contributed by atoms with Crippen molar-refractivity contribution >= 4 is 5.91 Å². The highest BCUT2D eigenvalue weighted by molar-refractivity contribution is 5.79. The Bertz CT molecular complexity index is 236. The summed E-state index contributed by atoms with van der Waals surface area (Å²) in [6, 6.07) is 0. The summed E-state index contributed by atoms with van der Waals surface area (Å²) in [5.74, 6) is 0.163. The third kappa shape index (κ3) is 2.69. The normalized spacial score (nSPS) is 21.8. The fourth-order valence-corrected chi connectivity index (χ4v) is 1.56. The molecule has 0 radical (unpaired) electrons. The van der Waals surface area contributed by atoms with Crippen molar-refractivity contribution < 1.29 is 4.79 Å². The van der Waals surface area contributed by atoms with Gasteiger partial charge in [0.05, 0.1) is 0 Å². The van der Waals surface area contributed by atoms with E-state index in [0.29, 0.717) is 19.5 Å². The lowest BCUT2D eigenvalue weighted by Gasteiger charge is -2.30. The van der Waals surface area contributed by atoms with Crippen molar-refractivity contribution in [1.82, 2.24) is 10.4 Å². The zero-order valence-corrected chi connectivity index (χ0v) is 9.55. The number of rotatable bonds is 3. The van der Waals surface area contributed by atoms with E-state index in [-0.39, 0.29) is 16.9 Å². The monoisotopic (exact) mass is 199 g/mol. The standard InChI is InChI=1S/C10H21N3O/c1-9(2,6-11)7-13-8(14)5-10(3,4)12-13/h12H,5-7,11H2,1-4H3. The highest BCUT2D eigenvalue weighted by atomic mass is 16.2. The molecule has 1 amide bonds. The highest BCUT2D eigenvalue weighted by Gasteiger charge is 2.37. The van der Waals surface area contributed by atoms with Crippen LogP contribution in [-0.2, 0) is 4.79 Å². The van der Waals surface area contributed by atoms with E-state index in [1.807, 2.05) is 13.8 Å². The highest BCUT2D eigenvalue weighted by Crippen LogP contribution is 2.22. The molecule has 1 heterocycles. The number of hydrazine groups is 1. The van der Waals surface area contributed by atoms with Crippen LogP contribution in [0.15, 0.2) is 0 Å². The number of hydrogen-bond acceptors (Lipinski definition) is 3. The van der Waals surface area contributed by atoms with E-state index in [1.54, 1.807) is 5.01 Å². The molecule has 0 aromatic heterocycles. The van der Waals surface area contributed by atoms with Crippen LogP contribution >= 0.6 is 0 Å². The lowest BCUT2D eigenvalue weighted by Crippen LogP contribution is -2.48. The Morgan fingerprint density at radius 3 is 2.50 bits per heavy atom.